The number of benzene rings is 3. The minimum atomic E-state index is -4.46. The molecule has 3 aromatic carbocycles. The number of nitrogens with one attached hydrogen (secondary N) is 1. The van der Waals surface area contributed by atoms with Gasteiger partial charge in [-0.05, 0) is 54.7 Å². The average molecular weight is 574 g/mol. The highest BCUT2D eigenvalue weighted by atomic mass is 35.5. The summed E-state index contributed by atoms with van der Waals surface area (Å²) in [6.45, 7) is 9.01. The Balaban J connectivity index is 1.99. The number of carbonyl (C=O) groups is 1. The maximum Gasteiger partial charge on any atom is 0.273 e. The van der Waals surface area contributed by atoms with Gasteiger partial charge in [0.15, 0.2) is 0 Å². The Labute approximate surface area is 233 Å². The smallest absolute Gasteiger partial charge is 0.273 e. The van der Waals surface area contributed by atoms with Crippen LogP contribution in [0.2, 0.25) is 5.02 Å². The summed E-state index contributed by atoms with van der Waals surface area (Å²) in [7, 11) is -3.11. The fourth-order valence-corrected chi connectivity index (χ4v) is 5.61. The monoisotopic (exact) mass is 573 g/mol. The Morgan fingerprint density at radius 1 is 1.10 bits per heavy atom. The number of rotatable bonds is 9. The number of ether oxygens (including phenoxy) is 1. The van der Waals surface area contributed by atoms with Gasteiger partial charge in [-0.2, -0.15) is 0 Å². The molecule has 0 bridgehead atoms. The second-order valence-corrected chi connectivity index (χ2v) is 12.5. The summed E-state index contributed by atoms with van der Waals surface area (Å²) in [6.07, 6.45) is 0. The van der Waals surface area contributed by atoms with Crippen molar-refractivity contribution < 1.29 is 22.9 Å². The van der Waals surface area contributed by atoms with Crippen molar-refractivity contribution in [3.05, 3.63) is 92.5 Å². The van der Waals surface area contributed by atoms with Crippen molar-refractivity contribution in [1.29, 1.82) is 0 Å². The van der Waals surface area contributed by atoms with E-state index in [1.165, 1.54) is 44.4 Å². The molecule has 0 heterocycles. The van der Waals surface area contributed by atoms with Gasteiger partial charge in [0.05, 0.1) is 28.7 Å². The quantitative estimate of drug-likeness (QED) is 0.250. The van der Waals surface area contributed by atoms with Crippen molar-refractivity contribution >= 4 is 38.9 Å². The third-order valence-corrected chi connectivity index (χ3v) is 8.31. The lowest BCUT2D eigenvalue weighted by molar-refractivity contribution is -0.385. The highest BCUT2D eigenvalue weighted by molar-refractivity contribution is 7.92. The standard InChI is InChI=1S/C28H32ClN3O6S/c1-18-7-13-23(16-24(18)32(34)35)39(36,37)31(25-15-22(29)12-14-26(25)38-6)17-27(33)30-19(2)20-8-10-21(11-9-20)28(3,4)5/h7-16,19H,17H2,1-6H3,(H,30,33)/t19-/m1/s1. The van der Waals surface area contributed by atoms with Crippen LogP contribution >= 0.6 is 11.6 Å². The largest absolute Gasteiger partial charge is 0.495 e. The number of carbonyl (C=O) groups excluding carboxylic acids is 1. The number of amides is 1. The molecule has 3 rings (SSSR count). The average Bonchev–Trinajstić information content (AvgIpc) is 2.86. The summed E-state index contributed by atoms with van der Waals surface area (Å²) >= 11 is 6.18. The Morgan fingerprint density at radius 3 is 2.31 bits per heavy atom. The van der Waals surface area contributed by atoms with E-state index in [1.54, 1.807) is 6.92 Å². The Morgan fingerprint density at radius 2 is 1.74 bits per heavy atom. The first-order valence-corrected chi connectivity index (χ1v) is 14.0. The van der Waals surface area contributed by atoms with Crippen molar-refractivity contribution in [3.63, 3.8) is 0 Å². The Bertz CT molecular complexity index is 1480. The molecule has 1 atom stereocenters. The summed E-state index contributed by atoms with van der Waals surface area (Å²) in [6, 6.07) is 15.4. The number of hydrogen-bond donors (Lipinski definition) is 1. The third kappa shape index (κ3) is 6.88. The topological polar surface area (TPSA) is 119 Å². The molecule has 0 spiro atoms. The SMILES string of the molecule is COc1ccc(Cl)cc1N(CC(=O)N[C@H](C)c1ccc(C(C)(C)C)cc1)S(=O)(=O)c1ccc(C)c([N+](=O)[O-])c1. The van der Waals surface area contributed by atoms with Crippen LogP contribution in [0.3, 0.4) is 0 Å². The van der Waals surface area contributed by atoms with Crippen LogP contribution in [0.15, 0.2) is 65.6 Å². The molecule has 208 valence electrons. The highest BCUT2D eigenvalue weighted by Gasteiger charge is 2.32. The molecule has 3 aromatic rings. The van der Waals surface area contributed by atoms with Gasteiger partial charge in [0.25, 0.3) is 15.7 Å². The zero-order valence-electron chi connectivity index (χ0n) is 22.7. The fraction of sp³-hybridized carbons (Fsp3) is 0.321. The zero-order chi connectivity index (χ0) is 29.1. The molecular formula is C28H32ClN3O6S. The van der Waals surface area contributed by atoms with E-state index >= 15 is 0 Å². The number of aryl methyl sites for hydroxylation is 1. The van der Waals surface area contributed by atoms with Crippen LogP contribution in [0.1, 0.15) is 50.4 Å². The van der Waals surface area contributed by atoms with Crippen LogP contribution in [-0.2, 0) is 20.2 Å². The predicted octanol–water partition coefficient (Wildman–Crippen LogP) is 5.94. The van der Waals surface area contributed by atoms with E-state index in [0.717, 1.165) is 21.5 Å². The van der Waals surface area contributed by atoms with Crippen molar-refractivity contribution in [2.24, 2.45) is 0 Å². The highest BCUT2D eigenvalue weighted by Crippen LogP contribution is 2.36. The predicted molar refractivity (Wildman–Crippen MR) is 152 cm³/mol. The van der Waals surface area contributed by atoms with Gasteiger partial charge in [0.1, 0.15) is 12.3 Å². The Kier molecular flexibility index (Phi) is 8.92. The van der Waals surface area contributed by atoms with Crippen molar-refractivity contribution in [2.45, 2.75) is 51.0 Å². The van der Waals surface area contributed by atoms with Crippen LogP contribution in [0.5, 0.6) is 5.75 Å². The number of nitro groups is 1. The van der Waals surface area contributed by atoms with Gasteiger partial charge in [-0.15, -0.1) is 0 Å². The first-order valence-electron chi connectivity index (χ1n) is 12.2. The van der Waals surface area contributed by atoms with Crippen LogP contribution < -0.4 is 14.4 Å². The molecule has 0 saturated carbocycles. The number of nitro benzene ring substituents is 1. The van der Waals surface area contributed by atoms with Crippen LogP contribution in [0.4, 0.5) is 11.4 Å². The number of nitrogens with zero attached hydrogens (tertiary/aromatic N) is 2. The lowest BCUT2D eigenvalue weighted by Crippen LogP contribution is -2.41. The molecule has 0 aliphatic carbocycles. The number of anilines is 1. The van der Waals surface area contributed by atoms with Gasteiger partial charge < -0.3 is 10.1 Å². The maximum atomic E-state index is 13.8. The molecule has 0 fully saturated rings. The van der Waals surface area contributed by atoms with Gasteiger partial charge in [0.2, 0.25) is 5.91 Å². The molecule has 9 nitrogen and oxygen atoms in total. The Hall–Kier alpha value is -3.63. The summed E-state index contributed by atoms with van der Waals surface area (Å²) in [5, 5.41) is 14.5. The maximum absolute atomic E-state index is 13.8. The number of sulfonamides is 1. The normalized spacial score (nSPS) is 12.5. The molecule has 0 aromatic heterocycles. The summed E-state index contributed by atoms with van der Waals surface area (Å²) in [5.41, 5.74) is 1.93. The van der Waals surface area contributed by atoms with Crippen LogP contribution in [0.25, 0.3) is 0 Å². The van der Waals surface area contributed by atoms with E-state index in [2.05, 4.69) is 26.1 Å². The third-order valence-electron chi connectivity index (χ3n) is 6.32. The van der Waals surface area contributed by atoms with E-state index in [1.807, 2.05) is 24.3 Å². The molecule has 39 heavy (non-hydrogen) atoms. The van der Waals surface area contributed by atoms with E-state index in [4.69, 9.17) is 16.3 Å². The summed E-state index contributed by atoms with van der Waals surface area (Å²) < 4.78 is 33.9. The second kappa shape index (κ2) is 11.6. The molecule has 11 heteroatoms. The zero-order valence-corrected chi connectivity index (χ0v) is 24.3. The lowest BCUT2D eigenvalue weighted by Gasteiger charge is -2.27. The molecule has 0 radical (unpaired) electrons. The minimum absolute atomic E-state index is 0.0190. The first kappa shape index (κ1) is 29.9. The van der Waals surface area contributed by atoms with Crippen molar-refractivity contribution in [2.75, 3.05) is 18.0 Å². The molecule has 0 saturated heterocycles. The summed E-state index contributed by atoms with van der Waals surface area (Å²) in [4.78, 5) is 23.7. The van der Waals surface area contributed by atoms with E-state index in [0.29, 0.717) is 5.56 Å². The molecule has 0 aliphatic rings. The number of methoxy groups -OCH3 is 1. The minimum Gasteiger partial charge on any atom is -0.495 e. The molecular weight excluding hydrogens is 542 g/mol. The van der Waals surface area contributed by atoms with E-state index < -0.39 is 33.4 Å². The van der Waals surface area contributed by atoms with E-state index in [-0.39, 0.29) is 32.5 Å². The molecule has 1 amide bonds. The van der Waals surface area contributed by atoms with Crippen molar-refractivity contribution in [3.8, 4) is 5.75 Å². The molecule has 0 unspecified atom stereocenters. The fourth-order valence-electron chi connectivity index (χ4n) is 4.00. The van der Waals surface area contributed by atoms with Gasteiger partial charge >= 0.3 is 0 Å². The van der Waals surface area contributed by atoms with Gasteiger partial charge in [-0.3, -0.25) is 19.2 Å². The molecule has 0 aliphatic heterocycles. The molecule has 1 N–H and O–H groups in total. The van der Waals surface area contributed by atoms with Gasteiger partial charge in [0, 0.05) is 16.7 Å². The van der Waals surface area contributed by atoms with Gasteiger partial charge in [-0.1, -0.05) is 62.7 Å². The second-order valence-electron chi connectivity index (χ2n) is 10.2. The van der Waals surface area contributed by atoms with Crippen LogP contribution in [-0.4, -0.2) is 32.9 Å². The number of hydrogen-bond acceptors (Lipinski definition) is 6. The van der Waals surface area contributed by atoms with E-state index in [9.17, 15) is 23.3 Å². The van der Waals surface area contributed by atoms with Crippen molar-refractivity contribution in [1.82, 2.24) is 5.32 Å². The lowest BCUT2D eigenvalue weighted by atomic mass is 9.86. The number of halogens is 1. The summed E-state index contributed by atoms with van der Waals surface area (Å²) in [5.74, 6) is -0.433. The van der Waals surface area contributed by atoms with Gasteiger partial charge in [-0.25, -0.2) is 8.42 Å². The van der Waals surface area contributed by atoms with Crippen LogP contribution in [0, 0.1) is 17.0 Å². The first-order chi connectivity index (χ1) is 18.1.